The lowest BCUT2D eigenvalue weighted by Crippen LogP contribution is -2.42. The standard InChI is InChI=1S/C15H20N2OS/c18-15(17-9-11-6-8-19-10-11)14-13-4-2-1-3-12(13)5-7-16-14/h1-4,11,14,16H,5-10H2,(H,17,18). The number of carbonyl (C=O) groups is 1. The van der Waals surface area contributed by atoms with Crippen LogP contribution in [0.3, 0.4) is 0 Å². The predicted octanol–water partition coefficient (Wildman–Crippen LogP) is 1.74. The molecule has 2 atom stereocenters. The first kappa shape index (κ1) is 13.0. The number of hydrogen-bond donors (Lipinski definition) is 2. The Labute approximate surface area is 118 Å². The van der Waals surface area contributed by atoms with Crippen molar-refractivity contribution in [3.8, 4) is 0 Å². The van der Waals surface area contributed by atoms with E-state index in [1.807, 2.05) is 17.8 Å². The number of amides is 1. The van der Waals surface area contributed by atoms with Gasteiger partial charge in [-0.05, 0) is 41.4 Å². The molecular weight excluding hydrogens is 256 g/mol. The molecule has 2 aliphatic heterocycles. The van der Waals surface area contributed by atoms with E-state index in [1.165, 1.54) is 23.5 Å². The van der Waals surface area contributed by atoms with Crippen LogP contribution in [0.2, 0.25) is 0 Å². The molecule has 2 N–H and O–H groups in total. The Morgan fingerprint density at radius 3 is 3.16 bits per heavy atom. The molecule has 2 unspecified atom stereocenters. The second kappa shape index (κ2) is 5.97. The molecule has 0 aromatic heterocycles. The third-order valence-corrected chi connectivity index (χ3v) is 5.19. The van der Waals surface area contributed by atoms with Crippen molar-refractivity contribution < 1.29 is 4.79 Å². The van der Waals surface area contributed by atoms with E-state index in [2.05, 4.69) is 28.8 Å². The molecule has 1 saturated heterocycles. The molecule has 0 saturated carbocycles. The molecule has 1 aromatic rings. The smallest absolute Gasteiger partial charge is 0.241 e. The van der Waals surface area contributed by atoms with E-state index in [0.29, 0.717) is 5.92 Å². The van der Waals surface area contributed by atoms with Gasteiger partial charge in [0.05, 0.1) is 0 Å². The fraction of sp³-hybridized carbons (Fsp3) is 0.533. The largest absolute Gasteiger partial charge is 0.354 e. The summed E-state index contributed by atoms with van der Waals surface area (Å²) in [5.74, 6) is 3.22. The number of rotatable bonds is 3. The van der Waals surface area contributed by atoms with E-state index in [9.17, 15) is 4.79 Å². The van der Waals surface area contributed by atoms with Gasteiger partial charge < -0.3 is 10.6 Å². The topological polar surface area (TPSA) is 41.1 Å². The third-order valence-electron chi connectivity index (χ3n) is 3.96. The van der Waals surface area contributed by atoms with E-state index < -0.39 is 0 Å². The summed E-state index contributed by atoms with van der Waals surface area (Å²) < 4.78 is 0. The number of hydrogen-bond acceptors (Lipinski definition) is 3. The van der Waals surface area contributed by atoms with E-state index >= 15 is 0 Å². The summed E-state index contributed by atoms with van der Waals surface area (Å²) in [6.07, 6.45) is 2.25. The molecule has 0 spiro atoms. The first-order chi connectivity index (χ1) is 9.34. The van der Waals surface area contributed by atoms with Gasteiger partial charge in [0.1, 0.15) is 6.04 Å². The molecule has 1 fully saturated rings. The predicted molar refractivity (Wildman–Crippen MR) is 79.3 cm³/mol. The third kappa shape index (κ3) is 2.95. The Morgan fingerprint density at radius 1 is 1.42 bits per heavy atom. The molecule has 102 valence electrons. The van der Waals surface area contributed by atoms with Gasteiger partial charge in [0, 0.05) is 13.1 Å². The number of benzene rings is 1. The molecule has 3 nitrogen and oxygen atoms in total. The van der Waals surface area contributed by atoms with Crippen molar-refractivity contribution in [1.29, 1.82) is 0 Å². The Morgan fingerprint density at radius 2 is 2.32 bits per heavy atom. The Bertz CT molecular complexity index is 457. The molecule has 0 bridgehead atoms. The van der Waals surface area contributed by atoms with Gasteiger partial charge in [-0.15, -0.1) is 0 Å². The zero-order valence-corrected chi connectivity index (χ0v) is 11.8. The maximum absolute atomic E-state index is 12.3. The number of carbonyl (C=O) groups excluding carboxylic acids is 1. The second-order valence-corrected chi connectivity index (χ2v) is 6.46. The Kier molecular flexibility index (Phi) is 4.09. The lowest BCUT2D eigenvalue weighted by Gasteiger charge is -2.26. The van der Waals surface area contributed by atoms with Crippen LogP contribution >= 0.6 is 11.8 Å². The second-order valence-electron chi connectivity index (χ2n) is 5.31. The first-order valence-corrected chi connectivity index (χ1v) is 8.16. The van der Waals surface area contributed by atoms with Crippen LogP contribution in [0.15, 0.2) is 24.3 Å². The fourth-order valence-electron chi connectivity index (χ4n) is 2.83. The van der Waals surface area contributed by atoms with Gasteiger partial charge in [0.25, 0.3) is 0 Å². The minimum Gasteiger partial charge on any atom is -0.354 e. The van der Waals surface area contributed by atoms with E-state index in [-0.39, 0.29) is 11.9 Å². The summed E-state index contributed by atoms with van der Waals surface area (Å²) in [4.78, 5) is 12.3. The number of nitrogens with one attached hydrogen (secondary N) is 2. The van der Waals surface area contributed by atoms with Crippen molar-refractivity contribution in [2.75, 3.05) is 24.6 Å². The molecule has 4 heteroatoms. The van der Waals surface area contributed by atoms with Crippen molar-refractivity contribution in [3.05, 3.63) is 35.4 Å². The van der Waals surface area contributed by atoms with Crippen LogP contribution in [0.1, 0.15) is 23.6 Å². The zero-order valence-electron chi connectivity index (χ0n) is 11.0. The number of thioether (sulfide) groups is 1. The summed E-state index contributed by atoms with van der Waals surface area (Å²) in [7, 11) is 0. The van der Waals surface area contributed by atoms with Crippen LogP contribution in [-0.4, -0.2) is 30.5 Å². The molecule has 19 heavy (non-hydrogen) atoms. The van der Waals surface area contributed by atoms with Gasteiger partial charge in [-0.25, -0.2) is 0 Å². The highest BCUT2D eigenvalue weighted by Crippen LogP contribution is 2.24. The van der Waals surface area contributed by atoms with Crippen LogP contribution in [0.4, 0.5) is 0 Å². The first-order valence-electron chi connectivity index (χ1n) is 7.01. The van der Waals surface area contributed by atoms with Gasteiger partial charge >= 0.3 is 0 Å². The minimum atomic E-state index is -0.168. The molecule has 3 rings (SSSR count). The Hall–Kier alpha value is -1.00. The summed E-state index contributed by atoms with van der Waals surface area (Å²) in [5, 5.41) is 6.45. The van der Waals surface area contributed by atoms with Gasteiger partial charge in [-0.3, -0.25) is 4.79 Å². The highest BCUT2D eigenvalue weighted by molar-refractivity contribution is 7.99. The van der Waals surface area contributed by atoms with Crippen LogP contribution in [0.5, 0.6) is 0 Å². The molecule has 0 aliphatic carbocycles. The van der Waals surface area contributed by atoms with Crippen molar-refractivity contribution in [2.45, 2.75) is 18.9 Å². The SMILES string of the molecule is O=C(NCC1CCSC1)C1NCCc2ccccc21. The van der Waals surface area contributed by atoms with Crippen molar-refractivity contribution in [2.24, 2.45) is 5.92 Å². The summed E-state index contributed by atoms with van der Waals surface area (Å²) in [5.41, 5.74) is 2.45. The Balaban J connectivity index is 1.64. The molecule has 1 aromatic carbocycles. The summed E-state index contributed by atoms with van der Waals surface area (Å²) in [6.45, 7) is 1.71. The molecule has 0 radical (unpaired) electrons. The fourth-order valence-corrected chi connectivity index (χ4v) is 4.11. The van der Waals surface area contributed by atoms with E-state index in [1.54, 1.807) is 0 Å². The van der Waals surface area contributed by atoms with Gasteiger partial charge in [-0.1, -0.05) is 24.3 Å². The van der Waals surface area contributed by atoms with Crippen LogP contribution in [0.25, 0.3) is 0 Å². The molecule has 2 heterocycles. The molecule has 1 amide bonds. The van der Waals surface area contributed by atoms with Crippen molar-refractivity contribution in [1.82, 2.24) is 10.6 Å². The zero-order chi connectivity index (χ0) is 13.1. The highest BCUT2D eigenvalue weighted by Gasteiger charge is 2.26. The normalized spacial score (nSPS) is 25.9. The average Bonchev–Trinajstić information content (AvgIpc) is 2.97. The monoisotopic (exact) mass is 276 g/mol. The van der Waals surface area contributed by atoms with Crippen LogP contribution in [-0.2, 0) is 11.2 Å². The maximum atomic E-state index is 12.3. The minimum absolute atomic E-state index is 0.129. The van der Waals surface area contributed by atoms with Crippen molar-refractivity contribution >= 4 is 17.7 Å². The lowest BCUT2D eigenvalue weighted by atomic mass is 9.94. The summed E-state index contributed by atoms with van der Waals surface area (Å²) in [6, 6.07) is 8.09. The lowest BCUT2D eigenvalue weighted by molar-refractivity contribution is -0.123. The highest BCUT2D eigenvalue weighted by atomic mass is 32.2. The number of fused-ring (bicyclic) bond motifs is 1. The molecule has 2 aliphatic rings. The van der Waals surface area contributed by atoms with Gasteiger partial charge in [0.2, 0.25) is 5.91 Å². The van der Waals surface area contributed by atoms with Gasteiger partial charge in [0.15, 0.2) is 0 Å². The van der Waals surface area contributed by atoms with Crippen LogP contribution in [0, 0.1) is 5.92 Å². The molecular formula is C15H20N2OS. The average molecular weight is 276 g/mol. The van der Waals surface area contributed by atoms with Crippen LogP contribution < -0.4 is 10.6 Å². The van der Waals surface area contributed by atoms with E-state index in [0.717, 1.165) is 25.1 Å². The van der Waals surface area contributed by atoms with E-state index in [4.69, 9.17) is 0 Å². The maximum Gasteiger partial charge on any atom is 0.241 e. The quantitative estimate of drug-likeness (QED) is 0.883. The van der Waals surface area contributed by atoms with Crippen molar-refractivity contribution in [3.63, 3.8) is 0 Å². The summed E-state index contributed by atoms with van der Waals surface area (Å²) >= 11 is 1.99. The van der Waals surface area contributed by atoms with Gasteiger partial charge in [-0.2, -0.15) is 11.8 Å².